The lowest BCUT2D eigenvalue weighted by Gasteiger charge is -2.38. The monoisotopic (exact) mass is 426 g/mol. The third kappa shape index (κ3) is 9.20. The molecule has 1 fully saturated rings. The molecule has 1 aromatic carbocycles. The van der Waals surface area contributed by atoms with Crippen molar-refractivity contribution in [2.24, 2.45) is 0 Å². The fraction of sp³-hybridized carbons (Fsp3) is 0.478. The number of thioether (sulfide) groups is 1. The summed E-state index contributed by atoms with van der Waals surface area (Å²) in [7, 11) is 0. The normalized spacial score (nSPS) is 13.8. The molecule has 0 aliphatic carbocycles. The zero-order valence-corrected chi connectivity index (χ0v) is 19.7. The highest BCUT2D eigenvalue weighted by molar-refractivity contribution is 8.02. The summed E-state index contributed by atoms with van der Waals surface area (Å²) in [6.07, 6.45) is 8.12. The Bertz CT molecular complexity index is 623. The van der Waals surface area contributed by atoms with E-state index < -0.39 is 0 Å². The van der Waals surface area contributed by atoms with Gasteiger partial charge in [0.15, 0.2) is 0 Å². The van der Waals surface area contributed by atoms with E-state index >= 15 is 0 Å². The minimum absolute atomic E-state index is 0.290. The van der Waals surface area contributed by atoms with Gasteiger partial charge in [0.1, 0.15) is 5.82 Å². The third-order valence-corrected chi connectivity index (χ3v) is 5.54. The van der Waals surface area contributed by atoms with Gasteiger partial charge in [-0.2, -0.15) is 0 Å². The summed E-state index contributed by atoms with van der Waals surface area (Å²) in [5.74, 6) is -0.290. The van der Waals surface area contributed by atoms with Crippen molar-refractivity contribution in [1.82, 2.24) is 4.90 Å². The molecule has 1 saturated heterocycles. The topological polar surface area (TPSA) is 6.48 Å². The zero-order valence-electron chi connectivity index (χ0n) is 18.1. The molecule has 0 atom stereocenters. The van der Waals surface area contributed by atoms with Gasteiger partial charge in [-0.15, -0.1) is 18.3 Å². The van der Waals surface area contributed by atoms with Gasteiger partial charge in [-0.25, -0.2) is 4.39 Å². The van der Waals surface area contributed by atoms with Gasteiger partial charge in [-0.05, 0) is 49.1 Å². The van der Waals surface area contributed by atoms with Crippen molar-refractivity contribution in [3.8, 4) is 0 Å². The molecule has 0 saturated carbocycles. The van der Waals surface area contributed by atoms with Crippen molar-refractivity contribution in [3.05, 3.63) is 65.0 Å². The van der Waals surface area contributed by atoms with E-state index in [-0.39, 0.29) is 5.82 Å². The molecule has 2 rings (SSSR count). The van der Waals surface area contributed by atoms with Crippen LogP contribution in [0.4, 0.5) is 10.1 Å². The smallest absolute Gasteiger partial charge is 0.124 e. The van der Waals surface area contributed by atoms with Crippen molar-refractivity contribution in [2.75, 3.05) is 37.3 Å². The Hall–Kier alpha value is -1.39. The lowest BCUT2D eigenvalue weighted by Crippen LogP contribution is -2.45. The van der Waals surface area contributed by atoms with Crippen molar-refractivity contribution >= 4 is 29.1 Å². The minimum Gasteiger partial charge on any atom is -0.372 e. The van der Waals surface area contributed by atoms with E-state index in [1.807, 2.05) is 19.9 Å². The maximum atomic E-state index is 13.0. The van der Waals surface area contributed by atoms with Crippen LogP contribution in [0.25, 0.3) is 0 Å². The van der Waals surface area contributed by atoms with E-state index in [9.17, 15) is 4.39 Å². The van der Waals surface area contributed by atoms with E-state index in [1.54, 1.807) is 17.8 Å². The lowest BCUT2D eigenvalue weighted by atomic mass is 10.2. The number of rotatable bonds is 6. The summed E-state index contributed by atoms with van der Waals surface area (Å²) in [5.41, 5.74) is 2.10. The van der Waals surface area contributed by atoms with Crippen molar-refractivity contribution in [3.63, 3.8) is 0 Å². The molecule has 0 aromatic heterocycles. The first-order valence-electron chi connectivity index (χ1n) is 9.89. The number of allylic oxidation sites excluding steroid dienone is 4. The summed E-state index contributed by atoms with van der Waals surface area (Å²) >= 11 is 7.86. The van der Waals surface area contributed by atoms with Crippen LogP contribution in [0.15, 0.2) is 54.1 Å². The Morgan fingerprint density at radius 3 is 2.25 bits per heavy atom. The van der Waals surface area contributed by atoms with Gasteiger partial charge in [0, 0.05) is 31.9 Å². The second-order valence-electron chi connectivity index (χ2n) is 5.94. The third-order valence-electron chi connectivity index (χ3n) is 4.32. The highest BCUT2D eigenvalue weighted by Crippen LogP contribution is 2.27. The van der Waals surface area contributed by atoms with Crippen LogP contribution in [0.2, 0.25) is 5.02 Å². The van der Waals surface area contributed by atoms with Gasteiger partial charge in [-0.3, -0.25) is 0 Å². The summed E-state index contributed by atoms with van der Waals surface area (Å²) in [4.78, 5) is 5.88. The molecule has 0 radical (unpaired) electrons. The van der Waals surface area contributed by atoms with Crippen LogP contribution in [0.1, 0.15) is 40.5 Å². The van der Waals surface area contributed by atoms with Crippen LogP contribution in [-0.2, 0) is 0 Å². The fourth-order valence-electron chi connectivity index (χ4n) is 2.69. The predicted molar refractivity (Wildman–Crippen MR) is 128 cm³/mol. The number of nitrogens with zero attached hydrogens (tertiary/aromatic N) is 2. The van der Waals surface area contributed by atoms with Gasteiger partial charge < -0.3 is 9.80 Å². The largest absolute Gasteiger partial charge is 0.372 e. The minimum atomic E-state index is -0.290. The molecular formula is C23H36ClFN2S. The summed E-state index contributed by atoms with van der Waals surface area (Å²) < 4.78 is 13.0. The molecule has 0 spiro atoms. The number of hydrogen-bond acceptors (Lipinski definition) is 3. The highest BCUT2D eigenvalue weighted by atomic mass is 35.5. The molecule has 1 aliphatic heterocycles. The Labute approximate surface area is 181 Å². The van der Waals surface area contributed by atoms with E-state index in [0.717, 1.165) is 44.7 Å². The van der Waals surface area contributed by atoms with E-state index in [2.05, 4.69) is 49.1 Å². The van der Waals surface area contributed by atoms with Crippen LogP contribution in [-0.4, -0.2) is 37.3 Å². The maximum Gasteiger partial charge on any atom is 0.124 e. The number of hydrogen-bond donors (Lipinski definition) is 0. The summed E-state index contributed by atoms with van der Waals surface area (Å²) in [6.45, 7) is 19.5. The number of halogens is 2. The average Bonchev–Trinajstić information content (AvgIpc) is 2.73. The molecule has 28 heavy (non-hydrogen) atoms. The van der Waals surface area contributed by atoms with E-state index in [4.69, 9.17) is 11.6 Å². The first kappa shape index (κ1) is 26.6. The van der Waals surface area contributed by atoms with Crippen LogP contribution in [0.5, 0.6) is 0 Å². The number of benzene rings is 1. The number of piperazine rings is 1. The van der Waals surface area contributed by atoms with Crippen LogP contribution < -0.4 is 4.90 Å². The van der Waals surface area contributed by atoms with Crippen molar-refractivity contribution in [2.45, 2.75) is 40.5 Å². The average molecular weight is 427 g/mol. The summed E-state index contributed by atoms with van der Waals surface area (Å²) in [6, 6.07) is 4.58. The van der Waals surface area contributed by atoms with Crippen molar-refractivity contribution in [1.29, 1.82) is 0 Å². The zero-order chi connectivity index (χ0) is 21.5. The first-order chi connectivity index (χ1) is 13.5. The molecule has 0 N–H and O–H groups in total. The van der Waals surface area contributed by atoms with Crippen molar-refractivity contribution < 1.29 is 4.39 Å². The van der Waals surface area contributed by atoms with Crippen LogP contribution in [0.3, 0.4) is 0 Å². The van der Waals surface area contributed by atoms with Gasteiger partial charge in [-0.1, -0.05) is 51.1 Å². The molecule has 1 heterocycles. The lowest BCUT2D eigenvalue weighted by molar-refractivity contribution is 0.315. The standard InChI is InChI=1S/C14H18ClFN2.C7H12S.C2H6/c1-3-11(2)17-6-8-18(9-7-17)14-5-4-12(16)10-13(14)15;1-4-6-7(5-2)8-3;1-2/h4-5,10H,2-3,6-9H2,1H3;4-5H,1,6H2,2-3H3;1-2H3/b;7-5-;. The maximum absolute atomic E-state index is 13.0. The van der Waals surface area contributed by atoms with Crippen LogP contribution in [0, 0.1) is 5.82 Å². The van der Waals surface area contributed by atoms with E-state index in [0.29, 0.717) is 5.02 Å². The quantitative estimate of drug-likeness (QED) is 0.438. The Morgan fingerprint density at radius 1 is 1.25 bits per heavy atom. The molecular weight excluding hydrogens is 391 g/mol. The predicted octanol–water partition coefficient (Wildman–Crippen LogP) is 7.38. The molecule has 2 nitrogen and oxygen atoms in total. The Morgan fingerprint density at radius 2 is 1.86 bits per heavy atom. The molecule has 0 amide bonds. The molecule has 1 aliphatic rings. The molecule has 1 aromatic rings. The highest BCUT2D eigenvalue weighted by Gasteiger charge is 2.19. The van der Waals surface area contributed by atoms with Gasteiger partial charge in [0.2, 0.25) is 0 Å². The van der Waals surface area contributed by atoms with Gasteiger partial charge in [0.25, 0.3) is 0 Å². The van der Waals surface area contributed by atoms with Gasteiger partial charge in [0.05, 0.1) is 10.7 Å². The fourth-order valence-corrected chi connectivity index (χ4v) is 3.49. The SMILES string of the molecule is C=C(CC)N1CCN(c2ccc(F)cc2Cl)CC1.C=CC/C(=C/C)SC.CC. The molecule has 0 unspecified atom stereocenters. The summed E-state index contributed by atoms with van der Waals surface area (Å²) in [5, 5.41) is 0.484. The molecule has 158 valence electrons. The first-order valence-corrected chi connectivity index (χ1v) is 11.5. The van der Waals surface area contributed by atoms with Gasteiger partial charge >= 0.3 is 0 Å². The second-order valence-corrected chi connectivity index (χ2v) is 7.28. The molecule has 0 bridgehead atoms. The van der Waals surface area contributed by atoms with Crippen LogP contribution >= 0.6 is 23.4 Å². The van der Waals surface area contributed by atoms with E-state index in [1.165, 1.54) is 22.7 Å². The second kappa shape index (κ2) is 15.5. The Kier molecular flexibility index (Phi) is 14.8. The molecule has 5 heteroatoms. The number of anilines is 1. The Balaban J connectivity index is 0.000000618.